The molecule has 0 aliphatic carbocycles. The van der Waals surface area contributed by atoms with Crippen molar-refractivity contribution in [1.29, 1.82) is 0 Å². The molecule has 192 valence electrons. The van der Waals surface area contributed by atoms with E-state index in [0.29, 0.717) is 36.6 Å². The second kappa shape index (κ2) is 10.5. The number of hydrogen-bond donors (Lipinski definition) is 1. The van der Waals surface area contributed by atoms with Gasteiger partial charge in [0.25, 0.3) is 5.91 Å². The number of rotatable bonds is 7. The van der Waals surface area contributed by atoms with Gasteiger partial charge >= 0.3 is 0 Å². The Balaban J connectivity index is 1.40. The number of amides is 2. The minimum Gasteiger partial charge on any atom is -0.493 e. The van der Waals surface area contributed by atoms with E-state index in [4.69, 9.17) is 9.47 Å². The fraction of sp³-hybridized carbons (Fsp3) is 0.517. The Morgan fingerprint density at radius 1 is 1.03 bits per heavy atom. The van der Waals surface area contributed by atoms with Crippen LogP contribution in [0.15, 0.2) is 36.4 Å². The zero-order valence-corrected chi connectivity index (χ0v) is 21.6. The molecule has 2 aromatic carbocycles. The fourth-order valence-electron chi connectivity index (χ4n) is 6.05. The molecule has 0 aromatic heterocycles. The SMILES string of the molecule is COc1cc2c(cc1OC)[C@H]1[C@H](C(=O)NCCCN3CCC(C)CC3)c3ccccc3C(=O)N1CC2. The van der Waals surface area contributed by atoms with Crippen LogP contribution in [-0.4, -0.2) is 68.6 Å². The number of carbonyl (C=O) groups is 2. The predicted molar refractivity (Wildman–Crippen MR) is 139 cm³/mol. The molecule has 0 saturated carbocycles. The van der Waals surface area contributed by atoms with Crippen LogP contribution in [0.3, 0.4) is 0 Å². The van der Waals surface area contributed by atoms with Gasteiger partial charge in [0.2, 0.25) is 5.91 Å². The van der Waals surface area contributed by atoms with E-state index in [1.54, 1.807) is 14.2 Å². The minimum atomic E-state index is -0.480. The molecular weight excluding hydrogens is 454 g/mol. The van der Waals surface area contributed by atoms with Gasteiger partial charge in [-0.1, -0.05) is 25.1 Å². The summed E-state index contributed by atoms with van der Waals surface area (Å²) in [5.41, 5.74) is 3.48. The van der Waals surface area contributed by atoms with Crippen molar-refractivity contribution >= 4 is 11.8 Å². The van der Waals surface area contributed by atoms with Crippen LogP contribution in [0, 0.1) is 5.92 Å². The number of nitrogens with one attached hydrogen (secondary N) is 1. The first-order valence-corrected chi connectivity index (χ1v) is 13.2. The Labute approximate surface area is 213 Å². The van der Waals surface area contributed by atoms with Crippen LogP contribution in [0.25, 0.3) is 0 Å². The first kappa shape index (κ1) is 24.6. The molecule has 5 rings (SSSR count). The Kier molecular flexibility index (Phi) is 7.19. The molecule has 7 heteroatoms. The second-order valence-electron chi connectivity index (χ2n) is 10.3. The van der Waals surface area contributed by atoms with Crippen LogP contribution in [0.4, 0.5) is 0 Å². The van der Waals surface area contributed by atoms with E-state index in [2.05, 4.69) is 17.1 Å². The molecule has 2 amide bonds. The molecule has 1 N–H and O–H groups in total. The number of fused-ring (bicyclic) bond motifs is 4. The van der Waals surface area contributed by atoms with Gasteiger partial charge in [-0.25, -0.2) is 0 Å². The number of methoxy groups -OCH3 is 2. The van der Waals surface area contributed by atoms with Gasteiger partial charge in [0.1, 0.15) is 0 Å². The number of benzene rings is 2. The van der Waals surface area contributed by atoms with Gasteiger partial charge in [-0.15, -0.1) is 0 Å². The topological polar surface area (TPSA) is 71.1 Å². The van der Waals surface area contributed by atoms with Crippen molar-refractivity contribution in [2.75, 3.05) is 46.9 Å². The molecule has 3 aliphatic heterocycles. The van der Waals surface area contributed by atoms with E-state index in [0.717, 1.165) is 48.7 Å². The first-order valence-electron chi connectivity index (χ1n) is 13.2. The lowest BCUT2D eigenvalue weighted by atomic mass is 9.75. The molecule has 0 radical (unpaired) electrons. The molecule has 2 atom stereocenters. The molecule has 1 saturated heterocycles. The van der Waals surface area contributed by atoms with Crippen LogP contribution < -0.4 is 14.8 Å². The number of carbonyl (C=O) groups excluding carboxylic acids is 2. The third kappa shape index (κ3) is 4.57. The number of nitrogens with zero attached hydrogens (tertiary/aromatic N) is 2. The third-order valence-corrected chi connectivity index (χ3v) is 8.13. The lowest BCUT2D eigenvalue weighted by Crippen LogP contribution is -2.50. The number of hydrogen-bond acceptors (Lipinski definition) is 5. The highest BCUT2D eigenvalue weighted by Crippen LogP contribution is 2.48. The summed E-state index contributed by atoms with van der Waals surface area (Å²) in [6.45, 7) is 6.81. The maximum atomic E-state index is 13.8. The monoisotopic (exact) mass is 491 g/mol. The van der Waals surface area contributed by atoms with Gasteiger partial charge in [-0.2, -0.15) is 0 Å². The van der Waals surface area contributed by atoms with Crippen molar-refractivity contribution in [3.05, 3.63) is 58.7 Å². The summed E-state index contributed by atoms with van der Waals surface area (Å²) in [5.74, 6) is 1.57. The molecule has 3 aliphatic rings. The van der Waals surface area contributed by atoms with Gasteiger partial charge in [-0.05, 0) is 86.1 Å². The van der Waals surface area contributed by atoms with Crippen molar-refractivity contribution in [2.45, 2.75) is 44.6 Å². The number of ether oxygens (including phenoxy) is 2. The summed E-state index contributed by atoms with van der Waals surface area (Å²) >= 11 is 0. The van der Waals surface area contributed by atoms with E-state index in [1.807, 2.05) is 41.3 Å². The maximum absolute atomic E-state index is 13.8. The number of piperidine rings is 1. The van der Waals surface area contributed by atoms with Gasteiger partial charge in [0.15, 0.2) is 11.5 Å². The second-order valence-corrected chi connectivity index (χ2v) is 10.3. The Hall–Kier alpha value is -3.06. The highest BCUT2D eigenvalue weighted by molar-refractivity contribution is 6.01. The van der Waals surface area contributed by atoms with Crippen molar-refractivity contribution in [3.8, 4) is 11.5 Å². The summed E-state index contributed by atoms with van der Waals surface area (Å²) in [6.07, 6.45) is 4.14. The number of likely N-dealkylation sites (tertiary alicyclic amines) is 1. The van der Waals surface area contributed by atoms with Crippen molar-refractivity contribution < 1.29 is 19.1 Å². The van der Waals surface area contributed by atoms with Crippen LogP contribution in [-0.2, 0) is 11.2 Å². The molecule has 3 heterocycles. The van der Waals surface area contributed by atoms with Crippen LogP contribution in [0.2, 0.25) is 0 Å². The quantitative estimate of drug-likeness (QED) is 0.597. The van der Waals surface area contributed by atoms with Crippen molar-refractivity contribution in [2.24, 2.45) is 5.92 Å². The zero-order valence-electron chi connectivity index (χ0n) is 21.6. The van der Waals surface area contributed by atoms with Crippen LogP contribution in [0.1, 0.15) is 65.2 Å². The summed E-state index contributed by atoms with van der Waals surface area (Å²) in [7, 11) is 3.24. The van der Waals surface area contributed by atoms with Gasteiger partial charge in [0, 0.05) is 18.7 Å². The molecular formula is C29H37N3O4. The third-order valence-electron chi connectivity index (χ3n) is 8.13. The Morgan fingerprint density at radius 3 is 2.50 bits per heavy atom. The minimum absolute atomic E-state index is 0.0144. The van der Waals surface area contributed by atoms with Crippen LogP contribution in [0.5, 0.6) is 11.5 Å². The molecule has 0 unspecified atom stereocenters. The lowest BCUT2D eigenvalue weighted by molar-refractivity contribution is -0.124. The molecule has 0 bridgehead atoms. The maximum Gasteiger partial charge on any atom is 0.254 e. The van der Waals surface area contributed by atoms with E-state index >= 15 is 0 Å². The van der Waals surface area contributed by atoms with Crippen molar-refractivity contribution in [1.82, 2.24) is 15.1 Å². The predicted octanol–water partition coefficient (Wildman–Crippen LogP) is 3.78. The van der Waals surface area contributed by atoms with Crippen LogP contribution >= 0.6 is 0 Å². The van der Waals surface area contributed by atoms with E-state index in [-0.39, 0.29) is 17.9 Å². The Morgan fingerprint density at radius 2 is 1.75 bits per heavy atom. The summed E-state index contributed by atoms with van der Waals surface area (Å²) < 4.78 is 11.1. The average Bonchev–Trinajstić information content (AvgIpc) is 2.91. The first-order chi connectivity index (χ1) is 17.5. The normalized spacial score (nSPS) is 21.9. The average molecular weight is 492 g/mol. The molecule has 36 heavy (non-hydrogen) atoms. The van der Waals surface area contributed by atoms with Gasteiger partial charge in [-0.3, -0.25) is 9.59 Å². The van der Waals surface area contributed by atoms with Gasteiger partial charge < -0.3 is 24.6 Å². The molecule has 1 fully saturated rings. The van der Waals surface area contributed by atoms with E-state index < -0.39 is 5.92 Å². The summed E-state index contributed by atoms with van der Waals surface area (Å²) in [4.78, 5) is 31.7. The summed E-state index contributed by atoms with van der Waals surface area (Å²) in [5, 5.41) is 3.21. The zero-order chi connectivity index (χ0) is 25.2. The highest BCUT2D eigenvalue weighted by atomic mass is 16.5. The fourth-order valence-corrected chi connectivity index (χ4v) is 6.05. The highest BCUT2D eigenvalue weighted by Gasteiger charge is 2.46. The summed E-state index contributed by atoms with van der Waals surface area (Å²) in [6, 6.07) is 11.1. The Bertz CT molecular complexity index is 1130. The standard InChI is InChI=1S/C29H37N3O4/c1-19-9-14-31(15-10-19)13-6-12-30-28(33)26-21-7-4-5-8-22(21)29(34)32-16-11-20-17-24(35-2)25(36-3)18-23(20)27(26)32/h4-5,7-8,17-19,26-27H,6,9-16H2,1-3H3,(H,30,33)/t26-,27+/m1/s1. The molecule has 0 spiro atoms. The molecule has 7 nitrogen and oxygen atoms in total. The smallest absolute Gasteiger partial charge is 0.254 e. The van der Waals surface area contributed by atoms with Crippen molar-refractivity contribution in [3.63, 3.8) is 0 Å². The lowest BCUT2D eigenvalue weighted by Gasteiger charge is -2.45. The van der Waals surface area contributed by atoms with E-state index in [1.165, 1.54) is 12.8 Å². The molecule has 2 aromatic rings. The van der Waals surface area contributed by atoms with E-state index in [9.17, 15) is 9.59 Å². The van der Waals surface area contributed by atoms with Gasteiger partial charge in [0.05, 0.1) is 26.2 Å². The largest absolute Gasteiger partial charge is 0.493 e.